The molecule has 0 heterocycles. The summed E-state index contributed by atoms with van der Waals surface area (Å²) in [6, 6.07) is 5.62. The van der Waals surface area contributed by atoms with Gasteiger partial charge in [-0.2, -0.15) is 0 Å². The summed E-state index contributed by atoms with van der Waals surface area (Å²) in [5.41, 5.74) is 8.15. The third kappa shape index (κ3) is 4.79. The van der Waals surface area contributed by atoms with Gasteiger partial charge in [-0.1, -0.05) is 12.5 Å². The molecule has 0 bridgehead atoms. The van der Waals surface area contributed by atoms with E-state index >= 15 is 0 Å². The number of carbonyl (C=O) groups is 2. The fourth-order valence-electron chi connectivity index (χ4n) is 3.05. The summed E-state index contributed by atoms with van der Waals surface area (Å²) in [7, 11) is 0. The highest BCUT2D eigenvalue weighted by Crippen LogP contribution is 2.27. The molecule has 1 aliphatic rings. The van der Waals surface area contributed by atoms with Crippen LogP contribution in [-0.2, 0) is 4.79 Å². The van der Waals surface area contributed by atoms with Gasteiger partial charge in [0.2, 0.25) is 5.91 Å². The second kappa shape index (κ2) is 7.59. The topological polar surface area (TPSA) is 84.2 Å². The minimum absolute atomic E-state index is 0.0357. The maximum absolute atomic E-state index is 12.2. The predicted molar refractivity (Wildman–Crippen MR) is 92.3 cm³/mol. The summed E-state index contributed by atoms with van der Waals surface area (Å²) in [5.74, 6) is 0.113. The van der Waals surface area contributed by atoms with Crippen LogP contribution in [0.25, 0.3) is 0 Å². The highest BCUT2D eigenvalue weighted by molar-refractivity contribution is 5.98. The number of carbonyl (C=O) groups excluding carboxylic acids is 2. The lowest BCUT2D eigenvalue weighted by molar-refractivity contribution is -0.117. The van der Waals surface area contributed by atoms with E-state index in [2.05, 4.69) is 10.6 Å². The molecule has 23 heavy (non-hydrogen) atoms. The number of amides is 2. The van der Waals surface area contributed by atoms with Crippen LogP contribution in [0.5, 0.6) is 0 Å². The zero-order valence-electron chi connectivity index (χ0n) is 14.2. The van der Waals surface area contributed by atoms with Crippen LogP contribution in [0.15, 0.2) is 18.2 Å². The standard InChI is InChI=1S/C18H27N3O2/c1-11(2)20-18(23)15-10-14(8-7-12(15)3)21-17(22)9-13-5-4-6-16(13)19/h7-8,10-11,13,16H,4-6,9,19H2,1-3H3,(H,20,23)(H,21,22)/t13-,16+/m0/s1. The number of nitrogens with one attached hydrogen (secondary N) is 2. The Morgan fingerprint density at radius 3 is 2.65 bits per heavy atom. The molecule has 0 aromatic heterocycles. The van der Waals surface area contributed by atoms with Gasteiger partial charge in [0, 0.05) is 29.8 Å². The molecular formula is C18H27N3O2. The van der Waals surface area contributed by atoms with Crippen LogP contribution in [0.1, 0.15) is 55.5 Å². The van der Waals surface area contributed by atoms with Crippen LogP contribution in [0.3, 0.4) is 0 Å². The van der Waals surface area contributed by atoms with Gasteiger partial charge in [0.25, 0.3) is 5.91 Å². The van der Waals surface area contributed by atoms with Gasteiger partial charge < -0.3 is 16.4 Å². The van der Waals surface area contributed by atoms with Crippen molar-refractivity contribution in [2.75, 3.05) is 5.32 Å². The van der Waals surface area contributed by atoms with Gasteiger partial charge in [-0.3, -0.25) is 9.59 Å². The molecule has 1 fully saturated rings. The fraction of sp³-hybridized carbons (Fsp3) is 0.556. The van der Waals surface area contributed by atoms with Gasteiger partial charge in [0.05, 0.1) is 0 Å². The summed E-state index contributed by atoms with van der Waals surface area (Å²) >= 11 is 0. The molecule has 2 rings (SSSR count). The van der Waals surface area contributed by atoms with Crippen molar-refractivity contribution in [2.45, 2.75) is 58.5 Å². The van der Waals surface area contributed by atoms with Crippen LogP contribution in [0.4, 0.5) is 5.69 Å². The lowest BCUT2D eigenvalue weighted by Crippen LogP contribution is -2.31. The van der Waals surface area contributed by atoms with Crippen molar-refractivity contribution in [2.24, 2.45) is 11.7 Å². The molecular weight excluding hydrogens is 290 g/mol. The third-order valence-electron chi connectivity index (χ3n) is 4.35. The van der Waals surface area contributed by atoms with Gasteiger partial charge in [0.15, 0.2) is 0 Å². The Hall–Kier alpha value is -1.88. The lowest BCUT2D eigenvalue weighted by atomic mass is 9.99. The van der Waals surface area contributed by atoms with Gasteiger partial charge in [0.1, 0.15) is 0 Å². The van der Waals surface area contributed by atoms with Crippen molar-refractivity contribution in [3.05, 3.63) is 29.3 Å². The van der Waals surface area contributed by atoms with E-state index < -0.39 is 0 Å². The average molecular weight is 317 g/mol. The van der Waals surface area contributed by atoms with Crippen LogP contribution in [0.2, 0.25) is 0 Å². The first-order valence-corrected chi connectivity index (χ1v) is 8.33. The Bertz CT molecular complexity index is 584. The van der Waals surface area contributed by atoms with Crippen molar-refractivity contribution in [3.63, 3.8) is 0 Å². The maximum Gasteiger partial charge on any atom is 0.251 e. The molecule has 0 saturated heterocycles. The molecule has 1 aromatic carbocycles. The molecule has 1 aliphatic carbocycles. The molecule has 2 amide bonds. The summed E-state index contributed by atoms with van der Waals surface area (Å²) < 4.78 is 0. The Morgan fingerprint density at radius 1 is 1.30 bits per heavy atom. The van der Waals surface area contributed by atoms with Gasteiger partial charge in [-0.15, -0.1) is 0 Å². The van der Waals surface area contributed by atoms with Crippen LogP contribution < -0.4 is 16.4 Å². The van der Waals surface area contributed by atoms with Gasteiger partial charge in [-0.05, 0) is 57.2 Å². The van der Waals surface area contributed by atoms with Crippen LogP contribution in [-0.4, -0.2) is 23.9 Å². The second-order valence-electron chi connectivity index (χ2n) is 6.77. The Kier molecular flexibility index (Phi) is 5.77. The first kappa shape index (κ1) is 17.5. The van der Waals surface area contributed by atoms with E-state index in [1.807, 2.05) is 32.9 Å². The van der Waals surface area contributed by atoms with Crippen LogP contribution in [0, 0.1) is 12.8 Å². The van der Waals surface area contributed by atoms with Crippen LogP contribution >= 0.6 is 0 Å². The molecule has 4 N–H and O–H groups in total. The number of rotatable bonds is 5. The van der Waals surface area contributed by atoms with E-state index in [0.29, 0.717) is 17.7 Å². The average Bonchev–Trinajstić information content (AvgIpc) is 2.85. The normalized spacial score (nSPS) is 20.6. The molecule has 0 unspecified atom stereocenters. The molecule has 1 aromatic rings. The minimum atomic E-state index is -0.119. The summed E-state index contributed by atoms with van der Waals surface area (Å²) in [5, 5.41) is 5.77. The summed E-state index contributed by atoms with van der Waals surface area (Å²) in [6.07, 6.45) is 3.57. The van der Waals surface area contributed by atoms with Crippen molar-refractivity contribution >= 4 is 17.5 Å². The first-order chi connectivity index (χ1) is 10.9. The summed E-state index contributed by atoms with van der Waals surface area (Å²) in [4.78, 5) is 24.4. The monoisotopic (exact) mass is 317 g/mol. The molecule has 0 radical (unpaired) electrons. The van der Waals surface area contributed by atoms with Gasteiger partial charge >= 0.3 is 0 Å². The first-order valence-electron chi connectivity index (χ1n) is 8.33. The molecule has 0 spiro atoms. The molecule has 0 aliphatic heterocycles. The highest BCUT2D eigenvalue weighted by atomic mass is 16.2. The van der Waals surface area contributed by atoms with Gasteiger partial charge in [-0.25, -0.2) is 0 Å². The number of aryl methyl sites for hydroxylation is 1. The van der Waals surface area contributed by atoms with Crippen molar-refractivity contribution < 1.29 is 9.59 Å². The quantitative estimate of drug-likeness (QED) is 0.780. The molecule has 126 valence electrons. The number of anilines is 1. The van der Waals surface area contributed by atoms with Crippen molar-refractivity contribution in [1.82, 2.24) is 5.32 Å². The predicted octanol–water partition coefficient (Wildman–Crippen LogP) is 2.59. The third-order valence-corrected chi connectivity index (χ3v) is 4.35. The smallest absolute Gasteiger partial charge is 0.251 e. The van der Waals surface area contributed by atoms with E-state index in [1.54, 1.807) is 6.07 Å². The second-order valence-corrected chi connectivity index (χ2v) is 6.77. The lowest BCUT2D eigenvalue weighted by Gasteiger charge is -2.16. The zero-order valence-corrected chi connectivity index (χ0v) is 14.2. The molecule has 5 nitrogen and oxygen atoms in total. The van der Waals surface area contributed by atoms with Crippen molar-refractivity contribution in [3.8, 4) is 0 Å². The van der Waals surface area contributed by atoms with Crippen molar-refractivity contribution in [1.29, 1.82) is 0 Å². The number of benzene rings is 1. The Labute approximate surface area is 138 Å². The van der Waals surface area contributed by atoms with E-state index in [4.69, 9.17) is 5.73 Å². The van der Waals surface area contributed by atoms with E-state index in [9.17, 15) is 9.59 Å². The van der Waals surface area contributed by atoms with E-state index in [1.165, 1.54) is 0 Å². The SMILES string of the molecule is Cc1ccc(NC(=O)C[C@@H]2CCC[C@H]2N)cc1C(=O)NC(C)C. The summed E-state index contributed by atoms with van der Waals surface area (Å²) in [6.45, 7) is 5.73. The number of hydrogen-bond donors (Lipinski definition) is 3. The Morgan fingerprint density at radius 2 is 2.04 bits per heavy atom. The molecule has 1 saturated carbocycles. The van der Waals surface area contributed by atoms with E-state index in [-0.39, 0.29) is 29.8 Å². The zero-order chi connectivity index (χ0) is 17.0. The fourth-order valence-corrected chi connectivity index (χ4v) is 3.05. The minimum Gasteiger partial charge on any atom is -0.350 e. The largest absolute Gasteiger partial charge is 0.350 e. The van der Waals surface area contributed by atoms with E-state index in [0.717, 1.165) is 24.8 Å². The Balaban J connectivity index is 2.02. The maximum atomic E-state index is 12.2. The highest BCUT2D eigenvalue weighted by Gasteiger charge is 2.26. The number of nitrogens with two attached hydrogens (primary N) is 1. The number of hydrogen-bond acceptors (Lipinski definition) is 3. The molecule has 2 atom stereocenters. The molecule has 5 heteroatoms.